The van der Waals surface area contributed by atoms with Crippen molar-refractivity contribution in [2.45, 2.75) is 19.6 Å². The molecule has 0 saturated carbocycles. The van der Waals surface area contributed by atoms with Crippen molar-refractivity contribution in [2.24, 2.45) is 0 Å². The number of carbonyl (C=O) groups excluding carboxylic acids is 1. The van der Waals surface area contributed by atoms with Crippen LogP contribution < -0.4 is 14.8 Å². The molecule has 0 aliphatic carbocycles. The summed E-state index contributed by atoms with van der Waals surface area (Å²) in [5, 5.41) is 11.2. The zero-order valence-electron chi connectivity index (χ0n) is 29.9. The number of aromatic nitrogens is 3. The number of anilines is 1. The maximum absolute atomic E-state index is 13.5. The van der Waals surface area contributed by atoms with Crippen LogP contribution in [0.25, 0.3) is 0 Å². The summed E-state index contributed by atoms with van der Waals surface area (Å²) < 4.78 is 95.6. The van der Waals surface area contributed by atoms with Crippen LogP contribution in [0.3, 0.4) is 0 Å². The summed E-state index contributed by atoms with van der Waals surface area (Å²) in [5.41, 5.74) is 1.74. The van der Waals surface area contributed by atoms with Crippen LogP contribution in [0.15, 0.2) is 42.6 Å². The van der Waals surface area contributed by atoms with E-state index in [9.17, 15) is 18.0 Å². The number of nitrogens with one attached hydrogen (secondary N) is 1. The molecule has 18 heteroatoms. The van der Waals surface area contributed by atoms with Crippen LogP contribution in [0.4, 0.5) is 18.9 Å². The van der Waals surface area contributed by atoms with Crippen LogP contribution in [0.1, 0.15) is 12.1 Å². The first-order valence-corrected chi connectivity index (χ1v) is 17.2. The summed E-state index contributed by atoms with van der Waals surface area (Å²) in [6, 6.07) is 8.57. The SMILES string of the molecule is CNc1ccc(OCCOCCOCCOCCOCc2cn(CCOCCOCCOCCOCCC(=O)Oc3c(F)cc(F)cc3F)nn2)cc1. The molecule has 1 N–H and O–H groups in total. The Bertz CT molecular complexity index is 1380. The van der Waals surface area contributed by atoms with Crippen molar-refractivity contribution in [2.75, 3.05) is 118 Å². The second kappa shape index (κ2) is 27.7. The van der Waals surface area contributed by atoms with E-state index in [2.05, 4.69) is 20.4 Å². The Morgan fingerprint density at radius 2 is 1.15 bits per heavy atom. The Labute approximate surface area is 306 Å². The lowest BCUT2D eigenvalue weighted by atomic mass is 10.3. The third kappa shape index (κ3) is 20.2. The largest absolute Gasteiger partial charge is 0.491 e. The van der Waals surface area contributed by atoms with E-state index in [1.807, 2.05) is 31.3 Å². The predicted molar refractivity (Wildman–Crippen MR) is 183 cm³/mol. The number of carbonyl (C=O) groups is 1. The average Bonchev–Trinajstić information content (AvgIpc) is 3.61. The molecule has 0 aliphatic heterocycles. The van der Waals surface area contributed by atoms with Gasteiger partial charge in [0.1, 0.15) is 23.9 Å². The van der Waals surface area contributed by atoms with Crippen molar-refractivity contribution in [1.29, 1.82) is 0 Å². The van der Waals surface area contributed by atoms with E-state index in [1.165, 1.54) is 0 Å². The van der Waals surface area contributed by atoms with E-state index in [0.29, 0.717) is 117 Å². The number of esters is 1. The van der Waals surface area contributed by atoms with Gasteiger partial charge in [0.15, 0.2) is 11.6 Å². The van der Waals surface area contributed by atoms with E-state index < -0.39 is 29.2 Å². The molecule has 2 aromatic carbocycles. The van der Waals surface area contributed by atoms with Crippen LogP contribution in [-0.2, 0) is 55.8 Å². The van der Waals surface area contributed by atoms with Gasteiger partial charge in [-0.05, 0) is 24.3 Å². The molecule has 0 unspecified atom stereocenters. The van der Waals surface area contributed by atoms with Gasteiger partial charge in [0.2, 0.25) is 5.75 Å². The summed E-state index contributed by atoms with van der Waals surface area (Å²) in [7, 11) is 1.87. The third-order valence-corrected chi connectivity index (χ3v) is 6.80. The molecular formula is C35H49F3N4O11. The van der Waals surface area contributed by atoms with Gasteiger partial charge in [-0.2, -0.15) is 0 Å². The lowest BCUT2D eigenvalue weighted by molar-refractivity contribution is -0.136. The van der Waals surface area contributed by atoms with E-state index >= 15 is 0 Å². The van der Waals surface area contributed by atoms with Crippen molar-refractivity contribution in [1.82, 2.24) is 15.0 Å². The highest BCUT2D eigenvalue weighted by molar-refractivity contribution is 5.72. The van der Waals surface area contributed by atoms with Gasteiger partial charge in [-0.15, -0.1) is 5.10 Å². The fraction of sp³-hybridized carbons (Fsp3) is 0.571. The number of hydrogen-bond acceptors (Lipinski definition) is 14. The number of ether oxygens (including phenoxy) is 10. The van der Waals surface area contributed by atoms with Crippen molar-refractivity contribution < 1.29 is 65.3 Å². The van der Waals surface area contributed by atoms with Gasteiger partial charge in [0.05, 0.1) is 125 Å². The van der Waals surface area contributed by atoms with Crippen LogP contribution >= 0.6 is 0 Å². The molecule has 0 radical (unpaired) electrons. The van der Waals surface area contributed by atoms with E-state index in [0.717, 1.165) is 11.4 Å². The number of nitrogens with zero attached hydrogens (tertiary/aromatic N) is 3. The zero-order chi connectivity index (χ0) is 37.8. The van der Waals surface area contributed by atoms with Crippen LogP contribution in [0.5, 0.6) is 11.5 Å². The number of benzene rings is 2. The van der Waals surface area contributed by atoms with Crippen molar-refractivity contribution >= 4 is 11.7 Å². The molecule has 0 fully saturated rings. The molecule has 0 atom stereocenters. The highest BCUT2D eigenvalue weighted by atomic mass is 19.1. The first-order chi connectivity index (χ1) is 25.9. The summed E-state index contributed by atoms with van der Waals surface area (Å²) in [5.74, 6) is -4.77. The molecule has 15 nitrogen and oxygen atoms in total. The number of rotatable bonds is 32. The highest BCUT2D eigenvalue weighted by Gasteiger charge is 2.16. The predicted octanol–water partition coefficient (Wildman–Crippen LogP) is 3.44. The normalized spacial score (nSPS) is 11.2. The first-order valence-electron chi connectivity index (χ1n) is 17.2. The molecular weight excluding hydrogens is 709 g/mol. The summed E-state index contributed by atoms with van der Waals surface area (Å²) in [6.07, 6.45) is 1.55. The van der Waals surface area contributed by atoms with Gasteiger partial charge in [-0.3, -0.25) is 4.79 Å². The smallest absolute Gasteiger partial charge is 0.313 e. The Morgan fingerprint density at radius 3 is 1.70 bits per heavy atom. The third-order valence-electron chi connectivity index (χ3n) is 6.80. The van der Waals surface area contributed by atoms with Gasteiger partial charge in [0, 0.05) is 24.9 Å². The molecule has 0 spiro atoms. The number of hydrogen-bond donors (Lipinski definition) is 1. The fourth-order valence-electron chi connectivity index (χ4n) is 4.15. The van der Waals surface area contributed by atoms with Crippen LogP contribution in [0, 0.1) is 17.5 Å². The van der Waals surface area contributed by atoms with Crippen LogP contribution in [-0.4, -0.2) is 134 Å². The molecule has 1 heterocycles. The Hall–Kier alpha value is -3.88. The topological polar surface area (TPSA) is 152 Å². The molecule has 0 amide bonds. The highest BCUT2D eigenvalue weighted by Crippen LogP contribution is 2.23. The molecule has 53 heavy (non-hydrogen) atoms. The lowest BCUT2D eigenvalue weighted by Gasteiger charge is -2.09. The molecule has 3 aromatic rings. The van der Waals surface area contributed by atoms with Crippen molar-refractivity contribution in [3.8, 4) is 11.5 Å². The molecule has 0 aliphatic rings. The van der Waals surface area contributed by atoms with Crippen LogP contribution in [0.2, 0.25) is 0 Å². The average molecular weight is 759 g/mol. The summed E-state index contributed by atoms with van der Waals surface area (Å²) in [6.45, 7) is 6.89. The maximum atomic E-state index is 13.5. The van der Waals surface area contributed by atoms with Gasteiger partial charge >= 0.3 is 5.97 Å². The second-order valence-corrected chi connectivity index (χ2v) is 10.9. The lowest BCUT2D eigenvalue weighted by Crippen LogP contribution is -2.15. The molecule has 3 rings (SSSR count). The standard InChI is InChI=1S/C35H49F3N4O11/c1-39-29-2-4-31(5-3-29)52-23-22-50-19-18-48-16-17-49-20-21-51-27-30-26-42(41-40-30)7-9-45-11-13-47-15-14-46-12-10-44-8-6-34(43)53-35-32(37)24-28(36)25-33(35)38/h2-5,24-26,39H,6-23,27H2,1H3. The first kappa shape index (κ1) is 43.5. The molecule has 0 saturated heterocycles. The molecule has 1 aromatic heterocycles. The summed E-state index contributed by atoms with van der Waals surface area (Å²) in [4.78, 5) is 11.7. The van der Waals surface area contributed by atoms with E-state index in [-0.39, 0.29) is 26.2 Å². The zero-order valence-corrected chi connectivity index (χ0v) is 29.9. The van der Waals surface area contributed by atoms with Gasteiger partial charge in [-0.1, -0.05) is 5.21 Å². The maximum Gasteiger partial charge on any atom is 0.313 e. The quantitative estimate of drug-likeness (QED) is 0.0562. The van der Waals surface area contributed by atoms with Gasteiger partial charge < -0.3 is 52.7 Å². The monoisotopic (exact) mass is 758 g/mol. The Kier molecular flexibility index (Phi) is 22.7. The van der Waals surface area contributed by atoms with Gasteiger partial charge in [0.25, 0.3) is 0 Å². The van der Waals surface area contributed by atoms with Crippen molar-refractivity contribution in [3.63, 3.8) is 0 Å². The minimum Gasteiger partial charge on any atom is -0.491 e. The van der Waals surface area contributed by atoms with Gasteiger partial charge in [-0.25, -0.2) is 17.9 Å². The fourth-order valence-corrected chi connectivity index (χ4v) is 4.15. The second-order valence-electron chi connectivity index (χ2n) is 10.9. The minimum atomic E-state index is -1.30. The Balaban J connectivity index is 1.01. The van der Waals surface area contributed by atoms with E-state index in [4.69, 9.17) is 42.6 Å². The Morgan fingerprint density at radius 1 is 0.660 bits per heavy atom. The number of halogens is 3. The minimum absolute atomic E-state index is 0.0400. The summed E-state index contributed by atoms with van der Waals surface area (Å²) >= 11 is 0. The van der Waals surface area contributed by atoms with E-state index in [1.54, 1.807) is 10.9 Å². The molecule has 0 bridgehead atoms. The van der Waals surface area contributed by atoms with Crippen molar-refractivity contribution in [3.05, 3.63) is 65.7 Å². The molecule has 296 valence electrons.